The predicted octanol–water partition coefficient (Wildman–Crippen LogP) is 7.42. The van der Waals surface area contributed by atoms with Gasteiger partial charge >= 0.3 is 12.5 Å². The van der Waals surface area contributed by atoms with Crippen LogP contribution in [0, 0.1) is 12.7 Å². The van der Waals surface area contributed by atoms with E-state index in [0.29, 0.717) is 5.89 Å². The molecule has 250 valence electrons. The summed E-state index contributed by atoms with van der Waals surface area (Å²) in [5, 5.41) is 9.67. The van der Waals surface area contributed by atoms with Gasteiger partial charge in [0, 0.05) is 35.1 Å². The number of alkyl halides is 5. The van der Waals surface area contributed by atoms with Crippen molar-refractivity contribution in [3.63, 3.8) is 0 Å². The van der Waals surface area contributed by atoms with Crippen molar-refractivity contribution in [2.75, 3.05) is 6.26 Å². The van der Waals surface area contributed by atoms with Crippen LogP contribution in [0.5, 0.6) is 11.5 Å². The normalized spacial score (nSPS) is 15.7. The molecule has 7 rings (SSSR count). The van der Waals surface area contributed by atoms with Gasteiger partial charge in [0.15, 0.2) is 38.7 Å². The summed E-state index contributed by atoms with van der Waals surface area (Å²) < 4.78 is 125. The highest BCUT2D eigenvalue weighted by atomic mass is 32.2. The summed E-state index contributed by atoms with van der Waals surface area (Å²) in [6, 6.07) is 10.5. The molecule has 1 saturated carbocycles. The number of oxazole rings is 1. The van der Waals surface area contributed by atoms with Gasteiger partial charge in [0.1, 0.15) is 17.3 Å². The summed E-state index contributed by atoms with van der Waals surface area (Å²) in [6.45, 7) is 0.486. The molecule has 1 aliphatic carbocycles. The lowest BCUT2D eigenvalue weighted by Gasteiger charge is -2.15. The van der Waals surface area contributed by atoms with E-state index >= 15 is 4.39 Å². The third-order valence-electron chi connectivity index (χ3n) is 7.96. The molecule has 2 aromatic heterocycles. The minimum Gasteiger partial charge on any atom is -0.440 e. The molecule has 0 bridgehead atoms. The van der Waals surface area contributed by atoms with Crippen LogP contribution in [0.2, 0.25) is 0 Å². The monoisotopic (exact) mass is 691 g/mol. The highest BCUT2D eigenvalue weighted by molar-refractivity contribution is 7.90. The van der Waals surface area contributed by atoms with E-state index in [-0.39, 0.29) is 62.6 Å². The molecule has 9 nitrogen and oxygen atoms in total. The molecule has 0 spiro atoms. The van der Waals surface area contributed by atoms with Gasteiger partial charge in [-0.25, -0.2) is 22.8 Å². The van der Waals surface area contributed by atoms with Gasteiger partial charge in [-0.2, -0.15) is 13.2 Å². The first-order chi connectivity index (χ1) is 22.5. The van der Waals surface area contributed by atoms with Crippen molar-refractivity contribution in [3.05, 3.63) is 83.5 Å². The third kappa shape index (κ3) is 5.68. The number of sulfone groups is 1. The smallest absolute Gasteiger partial charge is 0.440 e. The largest absolute Gasteiger partial charge is 0.586 e. The number of hydrogen-bond donors (Lipinski definition) is 1. The number of benzene rings is 3. The maximum absolute atomic E-state index is 15.2. The number of halogens is 6. The van der Waals surface area contributed by atoms with Gasteiger partial charge in [0.05, 0.1) is 17.2 Å². The van der Waals surface area contributed by atoms with Gasteiger partial charge in [-0.1, -0.05) is 6.07 Å². The van der Waals surface area contributed by atoms with Crippen molar-refractivity contribution in [1.29, 1.82) is 0 Å². The number of rotatable bonds is 7. The van der Waals surface area contributed by atoms with Gasteiger partial charge in [-0.3, -0.25) is 0 Å². The first-order valence-corrected chi connectivity index (χ1v) is 16.2. The lowest BCUT2D eigenvalue weighted by Crippen LogP contribution is -2.25. The first-order valence-electron chi connectivity index (χ1n) is 14.3. The molecule has 2 aliphatic rings. The Morgan fingerprint density at radius 1 is 0.979 bits per heavy atom. The zero-order valence-electron chi connectivity index (χ0n) is 24.9. The molecule has 0 radical (unpaired) electrons. The average molecular weight is 692 g/mol. The van der Waals surface area contributed by atoms with E-state index < -0.39 is 50.9 Å². The molecule has 0 saturated heterocycles. The molecule has 1 fully saturated rings. The number of nitrogens with zero attached hydrogens (tertiary/aromatic N) is 3. The summed E-state index contributed by atoms with van der Waals surface area (Å²) in [4.78, 5) is 7.93. The van der Waals surface area contributed by atoms with Crippen LogP contribution in [0.3, 0.4) is 0 Å². The van der Waals surface area contributed by atoms with Crippen molar-refractivity contribution in [1.82, 2.24) is 14.5 Å². The van der Waals surface area contributed by atoms with Crippen LogP contribution < -0.4 is 9.47 Å². The fourth-order valence-corrected chi connectivity index (χ4v) is 6.49. The Hall–Kier alpha value is -4.83. The quantitative estimate of drug-likeness (QED) is 0.175. The van der Waals surface area contributed by atoms with E-state index in [9.17, 15) is 35.5 Å². The van der Waals surface area contributed by atoms with E-state index in [1.165, 1.54) is 54.0 Å². The molecule has 16 heteroatoms. The topological polar surface area (TPSA) is 117 Å². The zero-order valence-corrected chi connectivity index (χ0v) is 25.7. The number of imidazole rings is 1. The van der Waals surface area contributed by atoms with Crippen molar-refractivity contribution in [2.45, 2.75) is 49.7 Å². The van der Waals surface area contributed by atoms with E-state index in [1.807, 2.05) is 0 Å². The highest BCUT2D eigenvalue weighted by Gasteiger charge is 2.44. The Bertz CT molecular complexity index is 2220. The molecule has 48 heavy (non-hydrogen) atoms. The van der Waals surface area contributed by atoms with Crippen LogP contribution >= 0.6 is 0 Å². The molecular formula is C32H23F6N3O6S. The molecule has 5 aromatic rings. The maximum Gasteiger partial charge on any atom is 0.586 e. The third-order valence-corrected chi connectivity index (χ3v) is 9.13. The number of ether oxygens (including phenoxy) is 2. The van der Waals surface area contributed by atoms with Gasteiger partial charge in [0.2, 0.25) is 0 Å². The van der Waals surface area contributed by atoms with Crippen LogP contribution in [-0.4, -0.2) is 40.6 Å². The number of aryl methyl sites for hydroxylation is 1. The number of aromatic nitrogens is 3. The van der Waals surface area contributed by atoms with Crippen molar-refractivity contribution in [2.24, 2.45) is 0 Å². The minimum absolute atomic E-state index is 0.0354. The van der Waals surface area contributed by atoms with Crippen molar-refractivity contribution in [3.8, 4) is 50.9 Å². The Balaban J connectivity index is 1.48. The molecular weight excluding hydrogens is 668 g/mol. The predicted molar refractivity (Wildman–Crippen MR) is 157 cm³/mol. The van der Waals surface area contributed by atoms with E-state index in [4.69, 9.17) is 9.40 Å². The Labute approximate surface area is 268 Å². The SMILES string of the molecule is Cc1nc(C(F)(F)F)cn1-c1ccc(-c2cc(F)c(CO)c(S(C)(=O)=O)c2)cc1-c1nc(C2CC2)oc1-c1ccc2c(c1)OC(F)(F)O2. The second-order valence-corrected chi connectivity index (χ2v) is 13.5. The molecule has 3 heterocycles. The molecule has 1 aliphatic heterocycles. The van der Waals surface area contributed by atoms with E-state index in [0.717, 1.165) is 31.4 Å². The molecule has 0 unspecified atom stereocenters. The van der Waals surface area contributed by atoms with Crippen LogP contribution in [0.15, 0.2) is 64.0 Å². The lowest BCUT2D eigenvalue weighted by atomic mass is 9.97. The minimum atomic E-state index is -4.77. The number of hydrogen-bond acceptors (Lipinski definition) is 8. The molecule has 1 N–H and O–H groups in total. The highest BCUT2D eigenvalue weighted by Crippen LogP contribution is 2.48. The Morgan fingerprint density at radius 3 is 2.33 bits per heavy atom. The van der Waals surface area contributed by atoms with Crippen LogP contribution in [0.1, 0.15) is 41.7 Å². The maximum atomic E-state index is 15.2. The lowest BCUT2D eigenvalue weighted by molar-refractivity contribution is -0.286. The Morgan fingerprint density at radius 2 is 1.69 bits per heavy atom. The molecule has 0 amide bonds. The van der Waals surface area contributed by atoms with E-state index in [1.54, 1.807) is 0 Å². The van der Waals surface area contributed by atoms with E-state index in [2.05, 4.69) is 14.5 Å². The van der Waals surface area contributed by atoms with Gasteiger partial charge < -0.3 is 23.6 Å². The van der Waals surface area contributed by atoms with Crippen LogP contribution in [0.4, 0.5) is 26.3 Å². The van der Waals surface area contributed by atoms with Crippen LogP contribution in [0.25, 0.3) is 39.4 Å². The summed E-state index contributed by atoms with van der Waals surface area (Å²) in [6.07, 6.45) is -5.50. The standard InChI is InChI=1S/C32H23F6N3O6S/c1-15-39-27(31(34,35)36)13-41(15)23-7-5-17(19-10-22(33)21(14-42)26(12-19)48(2,43)44)9-20(23)28-29(45-30(40-28)16-3-4-16)18-6-8-24-25(11-18)47-32(37,38)46-24/h5-13,16,42H,3-4,14H2,1-2H3. The number of aliphatic hydroxyl groups excluding tert-OH is 1. The summed E-state index contributed by atoms with van der Waals surface area (Å²) in [5.41, 5.74) is -0.605. The first kappa shape index (κ1) is 31.8. The summed E-state index contributed by atoms with van der Waals surface area (Å²) >= 11 is 0. The average Bonchev–Trinajstić information content (AvgIpc) is 3.49. The van der Waals surface area contributed by atoms with Gasteiger partial charge in [0.25, 0.3) is 0 Å². The van der Waals surface area contributed by atoms with Crippen molar-refractivity contribution >= 4 is 9.84 Å². The fraction of sp³-hybridized carbons (Fsp3) is 0.250. The van der Waals surface area contributed by atoms with Crippen molar-refractivity contribution < 1.29 is 53.8 Å². The number of fused-ring (bicyclic) bond motifs is 1. The molecule has 3 aromatic carbocycles. The zero-order chi connectivity index (χ0) is 34.3. The fourth-order valence-electron chi connectivity index (χ4n) is 5.54. The van der Waals surface area contributed by atoms with Crippen LogP contribution in [-0.2, 0) is 22.6 Å². The summed E-state index contributed by atoms with van der Waals surface area (Å²) in [7, 11) is -4.01. The number of aliphatic hydroxyl groups is 1. The Kier molecular flexibility index (Phi) is 7.18. The van der Waals surface area contributed by atoms with Gasteiger partial charge in [-0.15, -0.1) is 8.78 Å². The second kappa shape index (κ2) is 10.8. The molecule has 0 atom stereocenters. The summed E-state index contributed by atoms with van der Waals surface area (Å²) in [5.74, 6) is -1.22. The van der Waals surface area contributed by atoms with Gasteiger partial charge in [-0.05, 0) is 73.4 Å². The second-order valence-electron chi connectivity index (χ2n) is 11.5.